The predicted molar refractivity (Wildman–Crippen MR) is 142 cm³/mol. The fraction of sp³-hybridized carbons (Fsp3) is 0.793. The van der Waals surface area contributed by atoms with Gasteiger partial charge >= 0.3 is 0 Å². The van der Waals surface area contributed by atoms with Gasteiger partial charge in [0, 0.05) is 5.41 Å². The zero-order valence-corrected chi connectivity index (χ0v) is 23.1. The van der Waals surface area contributed by atoms with Gasteiger partial charge in [0.25, 0.3) is 0 Å². The van der Waals surface area contributed by atoms with Gasteiger partial charge in [0.1, 0.15) is 0 Å². The second-order valence-electron chi connectivity index (χ2n) is 12.3. The molecule has 0 aromatic carbocycles. The highest BCUT2D eigenvalue weighted by molar-refractivity contribution is 14.1. The van der Waals surface area contributed by atoms with Crippen LogP contribution in [0.4, 0.5) is 0 Å². The van der Waals surface area contributed by atoms with Gasteiger partial charge in [-0.05, 0) is 79.6 Å². The summed E-state index contributed by atoms with van der Waals surface area (Å²) in [5.41, 5.74) is 4.58. The molecule has 2 saturated carbocycles. The van der Waals surface area contributed by atoms with Crippen LogP contribution in [0, 0.1) is 28.1 Å². The highest BCUT2D eigenvalue weighted by Gasteiger charge is 2.61. The number of rotatable bonds is 7. The molecule has 1 heteroatoms. The summed E-state index contributed by atoms with van der Waals surface area (Å²) < 4.78 is 0.322. The summed E-state index contributed by atoms with van der Waals surface area (Å²) in [6, 6.07) is 0. The molecule has 0 N–H and O–H groups in total. The van der Waals surface area contributed by atoms with Crippen LogP contribution in [0.5, 0.6) is 0 Å². The van der Waals surface area contributed by atoms with Gasteiger partial charge in [-0.1, -0.05) is 114 Å². The Hall–Kier alpha value is -0.0500. The molecule has 0 aromatic rings. The van der Waals surface area contributed by atoms with E-state index in [1.807, 2.05) is 0 Å². The number of fused-ring (bicyclic) bond motifs is 3. The lowest BCUT2D eigenvalue weighted by Gasteiger charge is -2.63. The molecule has 3 aliphatic rings. The first kappa shape index (κ1) is 24.6. The zero-order chi connectivity index (χ0) is 22.2. The number of allylic oxidation sites excluding steroid dienone is 6. The molecule has 0 spiro atoms. The topological polar surface area (TPSA) is 0 Å². The number of hydrogen-bond donors (Lipinski definition) is 0. The molecular formula is C29H47I. The van der Waals surface area contributed by atoms with Crippen LogP contribution in [0.25, 0.3) is 0 Å². The standard InChI is InChI=1S/C29H47I/c1-22(2)12-10-13-23(3)14-11-19-28(7)25-17-16-24-15-8-9-18-27(24,6)29(25,30)21-20-26(28,4)5/h10,13,16-17,22-23H,8-9,11-12,14-15,18-21H2,1-7H3/b13-10+/t23-,27+,28+,29-/m1/s1. The summed E-state index contributed by atoms with van der Waals surface area (Å²) in [4.78, 5) is 0. The lowest BCUT2D eigenvalue weighted by atomic mass is 9.45. The molecule has 0 aromatic heterocycles. The predicted octanol–water partition coefficient (Wildman–Crippen LogP) is 9.84. The first-order valence-electron chi connectivity index (χ1n) is 12.7. The lowest BCUT2D eigenvalue weighted by Crippen LogP contribution is -2.57. The van der Waals surface area contributed by atoms with Crippen molar-refractivity contribution < 1.29 is 0 Å². The van der Waals surface area contributed by atoms with Crippen molar-refractivity contribution >= 4 is 22.6 Å². The molecule has 0 amide bonds. The molecule has 170 valence electrons. The molecule has 0 aliphatic heterocycles. The molecule has 0 bridgehead atoms. The second kappa shape index (κ2) is 9.06. The molecule has 0 radical (unpaired) electrons. The summed E-state index contributed by atoms with van der Waals surface area (Å²) >= 11 is 2.93. The van der Waals surface area contributed by atoms with Crippen molar-refractivity contribution in [1.82, 2.24) is 0 Å². The average molecular weight is 523 g/mol. The Morgan fingerprint density at radius 3 is 2.43 bits per heavy atom. The maximum Gasteiger partial charge on any atom is 0.0529 e. The number of hydrogen-bond acceptors (Lipinski definition) is 0. The van der Waals surface area contributed by atoms with Crippen molar-refractivity contribution in [2.45, 2.75) is 116 Å². The number of halogens is 1. The maximum absolute atomic E-state index is 2.93. The zero-order valence-electron chi connectivity index (χ0n) is 20.9. The van der Waals surface area contributed by atoms with Gasteiger partial charge in [-0.2, -0.15) is 0 Å². The molecular weight excluding hydrogens is 475 g/mol. The van der Waals surface area contributed by atoms with Crippen LogP contribution in [0.3, 0.4) is 0 Å². The van der Waals surface area contributed by atoms with Crippen molar-refractivity contribution in [3.8, 4) is 0 Å². The highest BCUT2D eigenvalue weighted by atomic mass is 127. The first-order valence-corrected chi connectivity index (χ1v) is 13.8. The van der Waals surface area contributed by atoms with Crippen LogP contribution in [0.1, 0.15) is 113 Å². The Balaban J connectivity index is 1.80. The maximum atomic E-state index is 2.93. The van der Waals surface area contributed by atoms with Gasteiger partial charge in [-0.25, -0.2) is 0 Å². The van der Waals surface area contributed by atoms with Crippen molar-refractivity contribution in [2.24, 2.45) is 28.1 Å². The van der Waals surface area contributed by atoms with Crippen LogP contribution < -0.4 is 0 Å². The third-order valence-electron chi connectivity index (χ3n) is 9.43. The molecule has 3 aliphatic carbocycles. The van der Waals surface area contributed by atoms with Gasteiger partial charge < -0.3 is 0 Å². The minimum atomic E-state index is 0.302. The minimum Gasteiger partial charge on any atom is -0.0880 e. The van der Waals surface area contributed by atoms with Gasteiger partial charge in [0.2, 0.25) is 0 Å². The second-order valence-corrected chi connectivity index (χ2v) is 14.1. The van der Waals surface area contributed by atoms with E-state index in [1.54, 1.807) is 11.1 Å². The monoisotopic (exact) mass is 522 g/mol. The Morgan fingerprint density at radius 2 is 1.73 bits per heavy atom. The summed E-state index contributed by atoms with van der Waals surface area (Å²) in [5.74, 6) is 1.47. The quantitative estimate of drug-likeness (QED) is 0.177. The van der Waals surface area contributed by atoms with Gasteiger partial charge in [-0.3, -0.25) is 0 Å². The minimum absolute atomic E-state index is 0.302. The first-order chi connectivity index (χ1) is 14.0. The Morgan fingerprint density at radius 1 is 1.00 bits per heavy atom. The summed E-state index contributed by atoms with van der Waals surface area (Å²) in [6.45, 7) is 17.4. The normalized spacial score (nSPS) is 36.8. The van der Waals surface area contributed by atoms with Crippen LogP contribution in [0.15, 0.2) is 35.5 Å². The van der Waals surface area contributed by atoms with E-state index in [9.17, 15) is 0 Å². The molecule has 4 atom stereocenters. The molecule has 30 heavy (non-hydrogen) atoms. The molecule has 0 saturated heterocycles. The number of alkyl halides is 1. The molecule has 2 fully saturated rings. The third-order valence-corrected chi connectivity index (χ3v) is 11.7. The van der Waals surface area contributed by atoms with Crippen LogP contribution in [-0.2, 0) is 0 Å². The average Bonchev–Trinajstić information content (AvgIpc) is 2.66. The highest BCUT2D eigenvalue weighted by Crippen LogP contribution is 2.69. The van der Waals surface area contributed by atoms with Crippen LogP contribution >= 0.6 is 22.6 Å². The van der Waals surface area contributed by atoms with Crippen LogP contribution in [0.2, 0.25) is 0 Å². The van der Waals surface area contributed by atoms with E-state index in [2.05, 4.69) is 95.4 Å². The van der Waals surface area contributed by atoms with E-state index >= 15 is 0 Å². The summed E-state index contributed by atoms with van der Waals surface area (Å²) in [5, 5.41) is 0. The lowest BCUT2D eigenvalue weighted by molar-refractivity contribution is 0.0378. The van der Waals surface area contributed by atoms with Gasteiger partial charge in [0.15, 0.2) is 0 Å². The van der Waals surface area contributed by atoms with E-state index in [4.69, 9.17) is 0 Å². The van der Waals surface area contributed by atoms with E-state index in [-0.39, 0.29) is 0 Å². The summed E-state index contributed by atoms with van der Waals surface area (Å²) in [7, 11) is 0. The Bertz CT molecular complexity index is 708. The molecule has 0 heterocycles. The molecule has 0 nitrogen and oxygen atoms in total. The molecule has 3 rings (SSSR count). The van der Waals surface area contributed by atoms with Gasteiger partial charge in [0.05, 0.1) is 3.42 Å². The van der Waals surface area contributed by atoms with Crippen molar-refractivity contribution in [2.75, 3.05) is 0 Å². The fourth-order valence-corrected chi connectivity index (χ4v) is 8.31. The Kier molecular flexibility index (Phi) is 7.43. The molecule has 0 unspecified atom stereocenters. The van der Waals surface area contributed by atoms with E-state index < -0.39 is 0 Å². The Labute approximate surface area is 201 Å². The van der Waals surface area contributed by atoms with Crippen molar-refractivity contribution in [1.29, 1.82) is 0 Å². The van der Waals surface area contributed by atoms with Crippen LogP contribution in [-0.4, -0.2) is 3.42 Å². The SMILES string of the molecule is CC(C)C/C=C/[C@@H](C)CCC[C@@]1(C)C2=CC=C3CCCC[C@]3(C)[C@@]2(I)CCC1(C)C. The van der Waals surface area contributed by atoms with Gasteiger partial charge in [-0.15, -0.1) is 0 Å². The van der Waals surface area contributed by atoms with Crippen molar-refractivity contribution in [3.05, 3.63) is 35.5 Å². The third kappa shape index (κ3) is 4.27. The fourth-order valence-electron chi connectivity index (χ4n) is 6.65. The smallest absolute Gasteiger partial charge is 0.0529 e. The van der Waals surface area contributed by atoms with E-state index in [0.29, 0.717) is 25.6 Å². The largest absolute Gasteiger partial charge is 0.0880 e. The van der Waals surface area contributed by atoms with Crippen molar-refractivity contribution in [3.63, 3.8) is 0 Å². The summed E-state index contributed by atoms with van der Waals surface area (Å²) in [6.07, 6.45) is 23.5. The van der Waals surface area contributed by atoms with E-state index in [1.165, 1.54) is 64.2 Å². The van der Waals surface area contributed by atoms with E-state index in [0.717, 1.165) is 5.92 Å².